The maximum absolute atomic E-state index is 11.2. The van der Waals surface area contributed by atoms with E-state index in [9.17, 15) is 9.90 Å². The third-order valence-corrected chi connectivity index (χ3v) is 2.32. The van der Waals surface area contributed by atoms with Crippen molar-refractivity contribution in [3.05, 3.63) is 58.1 Å². The lowest BCUT2D eigenvalue weighted by atomic mass is 10.1. The molecule has 2 rings (SSSR count). The molecule has 88 valence electrons. The quantitative estimate of drug-likeness (QED) is 0.878. The molecule has 0 fully saturated rings. The third-order valence-electron chi connectivity index (χ3n) is 2.32. The zero-order valence-corrected chi connectivity index (χ0v) is 9.34. The van der Waals surface area contributed by atoms with Crippen molar-refractivity contribution in [2.45, 2.75) is 6.42 Å². The van der Waals surface area contributed by atoms with E-state index < -0.39 is 5.63 Å². The summed E-state index contributed by atoms with van der Waals surface area (Å²) in [4.78, 5) is 11.2. The zero-order valence-electron chi connectivity index (χ0n) is 9.34. The summed E-state index contributed by atoms with van der Waals surface area (Å²) in [5, 5.41) is 9.33. The first-order chi connectivity index (χ1) is 8.17. The first kappa shape index (κ1) is 11.3. The summed E-state index contributed by atoms with van der Waals surface area (Å²) in [6.45, 7) is 0. The fourth-order valence-corrected chi connectivity index (χ4v) is 1.58. The number of rotatable bonds is 3. The van der Waals surface area contributed by atoms with Crippen molar-refractivity contribution in [3.63, 3.8) is 0 Å². The van der Waals surface area contributed by atoms with Gasteiger partial charge in [0.05, 0.1) is 13.2 Å². The number of ether oxygens (including phenoxy) is 1. The molecule has 1 N–H and O–H groups in total. The van der Waals surface area contributed by atoms with E-state index in [1.54, 1.807) is 24.3 Å². The highest BCUT2D eigenvalue weighted by atomic mass is 16.5. The van der Waals surface area contributed by atoms with E-state index >= 15 is 0 Å². The van der Waals surface area contributed by atoms with Crippen molar-refractivity contribution in [2.24, 2.45) is 0 Å². The molecule has 0 bridgehead atoms. The Morgan fingerprint density at radius 1 is 1.29 bits per heavy atom. The van der Waals surface area contributed by atoms with Crippen molar-refractivity contribution in [3.8, 4) is 11.5 Å². The second-order valence-corrected chi connectivity index (χ2v) is 3.63. The van der Waals surface area contributed by atoms with Crippen LogP contribution in [-0.2, 0) is 6.42 Å². The van der Waals surface area contributed by atoms with E-state index in [0.29, 0.717) is 17.9 Å². The van der Waals surface area contributed by atoms with Crippen LogP contribution in [0.25, 0.3) is 0 Å². The monoisotopic (exact) mass is 232 g/mol. The van der Waals surface area contributed by atoms with E-state index in [0.717, 1.165) is 5.56 Å². The Kier molecular flexibility index (Phi) is 3.14. The van der Waals surface area contributed by atoms with Gasteiger partial charge in [-0.05, 0) is 17.7 Å². The van der Waals surface area contributed by atoms with E-state index in [4.69, 9.17) is 9.15 Å². The lowest BCUT2D eigenvalue weighted by Crippen LogP contribution is -2.01. The summed E-state index contributed by atoms with van der Waals surface area (Å²) in [5.41, 5.74) is 0.418. The zero-order chi connectivity index (χ0) is 12.3. The van der Waals surface area contributed by atoms with Crippen LogP contribution in [0.4, 0.5) is 0 Å². The van der Waals surface area contributed by atoms with E-state index in [-0.39, 0.29) is 5.75 Å². The maximum Gasteiger partial charge on any atom is 0.339 e. The Balaban J connectivity index is 2.29. The molecule has 0 aliphatic rings. The second kappa shape index (κ2) is 4.74. The van der Waals surface area contributed by atoms with Gasteiger partial charge >= 0.3 is 5.63 Å². The average molecular weight is 232 g/mol. The fraction of sp³-hybridized carbons (Fsp3) is 0.154. The molecule has 0 saturated carbocycles. The smallest absolute Gasteiger partial charge is 0.339 e. The van der Waals surface area contributed by atoms with Gasteiger partial charge in [0.2, 0.25) is 0 Å². The summed E-state index contributed by atoms with van der Waals surface area (Å²) in [6.07, 6.45) is 0.431. The van der Waals surface area contributed by atoms with Crippen molar-refractivity contribution < 1.29 is 14.3 Å². The highest BCUT2D eigenvalue weighted by Gasteiger charge is 2.04. The van der Waals surface area contributed by atoms with Gasteiger partial charge in [-0.2, -0.15) is 0 Å². The van der Waals surface area contributed by atoms with Crippen LogP contribution in [-0.4, -0.2) is 12.2 Å². The van der Waals surface area contributed by atoms with Gasteiger partial charge in [0.25, 0.3) is 0 Å². The third kappa shape index (κ3) is 2.87. The number of hydrogen-bond donors (Lipinski definition) is 1. The van der Waals surface area contributed by atoms with E-state index in [1.807, 2.05) is 6.07 Å². The molecule has 0 aliphatic carbocycles. The predicted octanol–water partition coefficient (Wildman–Crippen LogP) is 1.94. The van der Waals surface area contributed by atoms with Crippen LogP contribution in [0.5, 0.6) is 11.5 Å². The molecule has 0 amide bonds. The molecule has 17 heavy (non-hydrogen) atoms. The molecule has 4 heteroatoms. The Hall–Kier alpha value is -2.23. The fourth-order valence-electron chi connectivity index (χ4n) is 1.58. The van der Waals surface area contributed by atoms with Gasteiger partial charge in [0.1, 0.15) is 17.3 Å². The van der Waals surface area contributed by atoms with Crippen molar-refractivity contribution >= 4 is 0 Å². The van der Waals surface area contributed by atoms with Crippen molar-refractivity contribution in [1.29, 1.82) is 0 Å². The number of phenols is 1. The van der Waals surface area contributed by atoms with Gasteiger partial charge in [0, 0.05) is 12.5 Å². The molecule has 2 aromatic rings. The minimum atomic E-state index is -0.445. The normalized spacial score (nSPS) is 10.2. The Labute approximate surface area is 98.1 Å². The molecule has 0 aliphatic heterocycles. The summed E-state index contributed by atoms with van der Waals surface area (Å²) < 4.78 is 10.0. The molecule has 0 atom stereocenters. The Morgan fingerprint density at radius 3 is 2.82 bits per heavy atom. The van der Waals surface area contributed by atoms with Gasteiger partial charge < -0.3 is 14.3 Å². The molecular weight excluding hydrogens is 220 g/mol. The number of aromatic hydroxyl groups is 1. The second-order valence-electron chi connectivity index (χ2n) is 3.63. The van der Waals surface area contributed by atoms with Gasteiger partial charge in [-0.25, -0.2) is 4.79 Å². The highest BCUT2D eigenvalue weighted by molar-refractivity contribution is 5.31. The van der Waals surface area contributed by atoms with Crippen LogP contribution < -0.4 is 10.4 Å². The summed E-state index contributed by atoms with van der Waals surface area (Å²) in [6, 6.07) is 9.74. The lowest BCUT2D eigenvalue weighted by molar-refractivity contribution is 0.394. The van der Waals surface area contributed by atoms with Crippen LogP contribution >= 0.6 is 0 Å². The topological polar surface area (TPSA) is 59.7 Å². The van der Waals surface area contributed by atoms with E-state index in [1.165, 1.54) is 13.2 Å². The minimum Gasteiger partial charge on any atom is -0.508 e. The van der Waals surface area contributed by atoms with Crippen molar-refractivity contribution in [1.82, 2.24) is 0 Å². The van der Waals surface area contributed by atoms with E-state index in [2.05, 4.69) is 0 Å². The Bertz CT molecular complexity index is 572. The van der Waals surface area contributed by atoms with Crippen LogP contribution in [0.2, 0.25) is 0 Å². The SMILES string of the molecule is COc1cc(Cc2cccc(O)c2)oc(=O)c1. The van der Waals surface area contributed by atoms with Crippen LogP contribution in [0.1, 0.15) is 11.3 Å². The molecule has 1 aromatic heterocycles. The predicted molar refractivity (Wildman–Crippen MR) is 62.4 cm³/mol. The maximum atomic E-state index is 11.2. The molecule has 1 aromatic carbocycles. The van der Waals surface area contributed by atoms with Crippen LogP contribution in [0.15, 0.2) is 45.6 Å². The number of hydrogen-bond acceptors (Lipinski definition) is 4. The van der Waals surface area contributed by atoms with Gasteiger partial charge in [-0.1, -0.05) is 12.1 Å². The number of benzene rings is 1. The molecular formula is C13H12O4. The number of phenolic OH excluding ortho intramolecular Hbond substituents is 1. The molecule has 0 radical (unpaired) electrons. The largest absolute Gasteiger partial charge is 0.508 e. The summed E-state index contributed by atoms with van der Waals surface area (Å²) in [7, 11) is 1.49. The molecule has 4 nitrogen and oxygen atoms in total. The average Bonchev–Trinajstić information content (AvgIpc) is 2.28. The Morgan fingerprint density at radius 2 is 2.12 bits per heavy atom. The minimum absolute atomic E-state index is 0.188. The van der Waals surface area contributed by atoms with Gasteiger partial charge in [-0.15, -0.1) is 0 Å². The highest BCUT2D eigenvalue weighted by Crippen LogP contribution is 2.16. The van der Waals surface area contributed by atoms with Crippen molar-refractivity contribution in [2.75, 3.05) is 7.11 Å². The van der Waals surface area contributed by atoms with Gasteiger partial charge in [0.15, 0.2) is 0 Å². The van der Waals surface area contributed by atoms with Gasteiger partial charge in [-0.3, -0.25) is 0 Å². The first-order valence-electron chi connectivity index (χ1n) is 5.13. The van der Waals surface area contributed by atoms with Crippen LogP contribution in [0.3, 0.4) is 0 Å². The lowest BCUT2D eigenvalue weighted by Gasteiger charge is -2.03. The van der Waals surface area contributed by atoms with Crippen LogP contribution in [0, 0.1) is 0 Å². The summed E-state index contributed by atoms with van der Waals surface area (Å²) in [5.74, 6) is 1.16. The molecule has 0 unspecified atom stereocenters. The molecule has 0 saturated heterocycles. The standard InChI is InChI=1S/C13H12O4/c1-16-11-7-12(17-13(15)8-11)6-9-3-2-4-10(14)5-9/h2-5,7-8,14H,6H2,1H3. The first-order valence-corrected chi connectivity index (χ1v) is 5.13. The molecule has 1 heterocycles. The number of methoxy groups -OCH3 is 1. The molecule has 0 spiro atoms. The summed E-state index contributed by atoms with van der Waals surface area (Å²) >= 11 is 0.